The van der Waals surface area contributed by atoms with Crippen molar-refractivity contribution in [3.63, 3.8) is 0 Å². The van der Waals surface area contributed by atoms with E-state index in [4.69, 9.17) is 15.2 Å². The number of hydrogen-bond donors (Lipinski definition) is 1. The van der Waals surface area contributed by atoms with Crippen LogP contribution in [0.25, 0.3) is 11.3 Å². The van der Waals surface area contributed by atoms with E-state index in [-0.39, 0.29) is 0 Å². The molecule has 0 aliphatic carbocycles. The fourth-order valence-corrected chi connectivity index (χ4v) is 1.99. The number of aryl methyl sites for hydroxylation is 1. The van der Waals surface area contributed by atoms with Gasteiger partial charge in [0.15, 0.2) is 11.5 Å². The van der Waals surface area contributed by atoms with Crippen molar-refractivity contribution in [2.24, 2.45) is 0 Å². The molecule has 1 heterocycles. The van der Waals surface area contributed by atoms with Crippen molar-refractivity contribution < 1.29 is 9.47 Å². The van der Waals surface area contributed by atoms with E-state index >= 15 is 0 Å². The van der Waals surface area contributed by atoms with Crippen molar-refractivity contribution in [2.45, 2.75) is 19.9 Å². The number of ether oxygens (including phenoxy) is 2. The number of hydrogen-bond acceptors (Lipinski definition) is 4. The van der Waals surface area contributed by atoms with Crippen LogP contribution < -0.4 is 15.2 Å². The van der Waals surface area contributed by atoms with E-state index in [0.29, 0.717) is 17.2 Å². The molecule has 0 atom stereocenters. The van der Waals surface area contributed by atoms with E-state index in [9.17, 15) is 0 Å². The molecule has 0 fully saturated rings. The van der Waals surface area contributed by atoms with Gasteiger partial charge in [-0.25, -0.2) is 0 Å². The first kappa shape index (κ1) is 13.3. The Kier molecular flexibility index (Phi) is 3.94. The van der Waals surface area contributed by atoms with Crippen LogP contribution in [0.2, 0.25) is 0 Å². The van der Waals surface area contributed by atoms with E-state index in [2.05, 4.69) is 12.0 Å². The second-order valence-electron chi connectivity index (χ2n) is 4.27. The summed E-state index contributed by atoms with van der Waals surface area (Å²) < 4.78 is 12.4. The van der Waals surface area contributed by atoms with Crippen LogP contribution in [0.1, 0.15) is 13.3 Å². The van der Waals surface area contributed by atoms with Gasteiger partial charge in [0, 0.05) is 18.3 Å². The zero-order valence-corrected chi connectivity index (χ0v) is 11.5. The minimum atomic E-state index is 0.667. The molecule has 102 valence electrons. The summed E-state index contributed by atoms with van der Waals surface area (Å²) in [6.45, 7) is 2.96. The zero-order chi connectivity index (χ0) is 13.8. The third-order valence-electron chi connectivity index (χ3n) is 2.90. The molecule has 0 unspecified atom stereocenters. The minimum Gasteiger partial charge on any atom is -0.493 e. The van der Waals surface area contributed by atoms with Crippen LogP contribution in [-0.4, -0.2) is 24.0 Å². The molecule has 1 aromatic heterocycles. The van der Waals surface area contributed by atoms with Crippen LogP contribution in [0.4, 0.5) is 5.69 Å². The third kappa shape index (κ3) is 2.65. The van der Waals surface area contributed by atoms with Gasteiger partial charge in [-0.05, 0) is 24.6 Å². The lowest BCUT2D eigenvalue weighted by Crippen LogP contribution is -1.97. The number of aromatic nitrogens is 2. The molecule has 0 amide bonds. The van der Waals surface area contributed by atoms with Crippen LogP contribution in [0, 0.1) is 0 Å². The molecule has 0 spiro atoms. The normalized spacial score (nSPS) is 10.5. The molecule has 2 aromatic rings. The lowest BCUT2D eigenvalue weighted by Gasteiger charge is -2.08. The van der Waals surface area contributed by atoms with Gasteiger partial charge in [-0.1, -0.05) is 6.92 Å². The predicted octanol–water partition coefficient (Wildman–Crippen LogP) is 2.56. The first-order valence-electron chi connectivity index (χ1n) is 6.25. The number of methoxy groups -OCH3 is 2. The molecule has 5 nitrogen and oxygen atoms in total. The molecule has 1 aromatic carbocycles. The van der Waals surface area contributed by atoms with E-state index in [1.165, 1.54) is 0 Å². The van der Waals surface area contributed by atoms with Crippen LogP contribution in [0.3, 0.4) is 0 Å². The minimum absolute atomic E-state index is 0.667. The fourth-order valence-electron chi connectivity index (χ4n) is 1.99. The molecule has 2 rings (SSSR count). The van der Waals surface area contributed by atoms with Crippen molar-refractivity contribution in [2.75, 3.05) is 20.0 Å². The van der Waals surface area contributed by atoms with Crippen molar-refractivity contribution in [1.29, 1.82) is 0 Å². The monoisotopic (exact) mass is 261 g/mol. The summed E-state index contributed by atoms with van der Waals surface area (Å²) in [4.78, 5) is 0. The van der Waals surface area contributed by atoms with Crippen molar-refractivity contribution in [1.82, 2.24) is 9.78 Å². The maximum atomic E-state index is 6.01. The Hall–Kier alpha value is -2.17. The Bertz CT molecular complexity index is 564. The SMILES string of the molecule is CCCn1cc(N)c(-c2ccc(OC)c(OC)c2)n1. The number of nitrogens with zero attached hydrogens (tertiary/aromatic N) is 2. The first-order chi connectivity index (χ1) is 9.19. The van der Waals surface area contributed by atoms with Crippen LogP contribution in [0.5, 0.6) is 11.5 Å². The molecule has 0 aliphatic rings. The molecule has 0 bridgehead atoms. The fraction of sp³-hybridized carbons (Fsp3) is 0.357. The molecular weight excluding hydrogens is 242 g/mol. The van der Waals surface area contributed by atoms with Gasteiger partial charge in [0.1, 0.15) is 5.69 Å². The van der Waals surface area contributed by atoms with Gasteiger partial charge in [0.25, 0.3) is 0 Å². The summed E-state index contributed by atoms with van der Waals surface area (Å²) in [7, 11) is 3.22. The largest absolute Gasteiger partial charge is 0.493 e. The highest BCUT2D eigenvalue weighted by atomic mass is 16.5. The number of anilines is 1. The highest BCUT2D eigenvalue weighted by Gasteiger charge is 2.11. The smallest absolute Gasteiger partial charge is 0.161 e. The molecule has 5 heteroatoms. The molecule has 0 aliphatic heterocycles. The van der Waals surface area contributed by atoms with Crippen LogP contribution >= 0.6 is 0 Å². The van der Waals surface area contributed by atoms with Gasteiger partial charge in [-0.2, -0.15) is 5.10 Å². The number of benzene rings is 1. The van der Waals surface area contributed by atoms with Gasteiger partial charge in [-0.3, -0.25) is 4.68 Å². The average Bonchev–Trinajstić information content (AvgIpc) is 2.79. The summed E-state index contributed by atoms with van der Waals surface area (Å²) in [6.07, 6.45) is 2.88. The molecule has 0 radical (unpaired) electrons. The summed E-state index contributed by atoms with van der Waals surface area (Å²) in [5.41, 5.74) is 8.37. The lowest BCUT2D eigenvalue weighted by molar-refractivity contribution is 0.355. The maximum Gasteiger partial charge on any atom is 0.161 e. The molecule has 19 heavy (non-hydrogen) atoms. The molecule has 0 saturated heterocycles. The van der Waals surface area contributed by atoms with E-state index in [0.717, 1.165) is 24.2 Å². The Morgan fingerprint density at radius 1 is 1.21 bits per heavy atom. The highest BCUT2D eigenvalue weighted by molar-refractivity contribution is 5.74. The Morgan fingerprint density at radius 3 is 2.58 bits per heavy atom. The van der Waals surface area contributed by atoms with Crippen molar-refractivity contribution >= 4 is 5.69 Å². The van der Waals surface area contributed by atoms with E-state index < -0.39 is 0 Å². The summed E-state index contributed by atoms with van der Waals surface area (Å²) in [6, 6.07) is 5.66. The summed E-state index contributed by atoms with van der Waals surface area (Å²) >= 11 is 0. The Labute approximate surface area is 112 Å². The number of nitrogen functional groups attached to an aromatic ring is 1. The Balaban J connectivity index is 2.41. The third-order valence-corrected chi connectivity index (χ3v) is 2.90. The van der Waals surface area contributed by atoms with E-state index in [1.807, 2.05) is 29.1 Å². The number of nitrogens with two attached hydrogens (primary N) is 1. The molecule has 2 N–H and O–H groups in total. The van der Waals surface area contributed by atoms with Crippen molar-refractivity contribution in [3.8, 4) is 22.8 Å². The predicted molar refractivity (Wildman–Crippen MR) is 75.5 cm³/mol. The quantitative estimate of drug-likeness (QED) is 0.898. The number of rotatable bonds is 5. The second-order valence-corrected chi connectivity index (χ2v) is 4.27. The molecular formula is C14H19N3O2. The van der Waals surface area contributed by atoms with Gasteiger partial charge >= 0.3 is 0 Å². The van der Waals surface area contributed by atoms with Gasteiger partial charge in [0.05, 0.1) is 19.9 Å². The van der Waals surface area contributed by atoms with Crippen LogP contribution in [-0.2, 0) is 6.54 Å². The van der Waals surface area contributed by atoms with E-state index in [1.54, 1.807) is 14.2 Å². The summed E-state index contributed by atoms with van der Waals surface area (Å²) in [5.74, 6) is 1.36. The summed E-state index contributed by atoms with van der Waals surface area (Å²) in [5, 5.41) is 4.50. The second kappa shape index (κ2) is 5.65. The van der Waals surface area contributed by atoms with Gasteiger partial charge < -0.3 is 15.2 Å². The van der Waals surface area contributed by atoms with Crippen LogP contribution in [0.15, 0.2) is 24.4 Å². The van der Waals surface area contributed by atoms with Gasteiger partial charge in [-0.15, -0.1) is 0 Å². The maximum absolute atomic E-state index is 6.01. The highest BCUT2D eigenvalue weighted by Crippen LogP contribution is 2.33. The zero-order valence-electron chi connectivity index (χ0n) is 11.5. The Morgan fingerprint density at radius 2 is 1.95 bits per heavy atom. The lowest BCUT2D eigenvalue weighted by atomic mass is 10.1. The first-order valence-corrected chi connectivity index (χ1v) is 6.25. The standard InChI is InChI=1S/C14H19N3O2/c1-4-7-17-9-11(15)14(16-17)10-5-6-12(18-2)13(8-10)19-3/h5-6,8-9H,4,7,15H2,1-3H3. The average molecular weight is 261 g/mol. The van der Waals surface area contributed by atoms with Gasteiger partial charge in [0.2, 0.25) is 0 Å². The van der Waals surface area contributed by atoms with Crippen molar-refractivity contribution in [3.05, 3.63) is 24.4 Å². The topological polar surface area (TPSA) is 62.3 Å². The molecule has 0 saturated carbocycles.